The Morgan fingerprint density at radius 1 is 1.39 bits per heavy atom. The lowest BCUT2D eigenvalue weighted by Crippen LogP contribution is -2.35. The molecule has 0 unspecified atom stereocenters. The predicted octanol–water partition coefficient (Wildman–Crippen LogP) is -0.0561. The highest BCUT2D eigenvalue weighted by Gasteiger charge is 2.25. The zero-order valence-electron chi connectivity index (χ0n) is 10.9. The highest BCUT2D eigenvalue weighted by atomic mass is 16.5. The second-order valence-electron chi connectivity index (χ2n) is 4.23. The molecule has 0 aliphatic rings. The van der Waals surface area contributed by atoms with E-state index in [0.717, 1.165) is 9.25 Å². The lowest BCUT2D eigenvalue weighted by Gasteiger charge is -2.23. The fourth-order valence-electron chi connectivity index (χ4n) is 1.82. The Balaban J connectivity index is 3.25. The first-order valence-corrected chi connectivity index (χ1v) is 5.45. The summed E-state index contributed by atoms with van der Waals surface area (Å²) in [6.45, 7) is 8.37. The number of hydrogen-bond donors (Lipinski definition) is 1. The molecule has 100 valence electrons. The molecule has 0 fully saturated rings. The maximum atomic E-state index is 11.8. The van der Waals surface area contributed by atoms with E-state index in [-0.39, 0.29) is 0 Å². The Bertz CT molecular complexity index is 578. The van der Waals surface area contributed by atoms with Crippen LogP contribution in [0.4, 0.5) is 0 Å². The van der Waals surface area contributed by atoms with Crippen LogP contribution in [0.1, 0.15) is 26.8 Å². The van der Waals surface area contributed by atoms with Crippen LogP contribution in [-0.2, 0) is 16.6 Å². The molecular formula is C11H17N3O4. The molecule has 1 N–H and O–H groups in total. The Hall–Kier alpha value is -2.05. The third-order valence-corrected chi connectivity index (χ3v) is 2.59. The zero-order valence-corrected chi connectivity index (χ0v) is 10.9. The van der Waals surface area contributed by atoms with Crippen molar-refractivity contribution in [3.8, 4) is 0 Å². The number of aromatic amines is 1. The molecular weight excluding hydrogens is 238 g/mol. The molecule has 0 aromatic carbocycles. The van der Waals surface area contributed by atoms with E-state index in [1.807, 2.05) is 0 Å². The van der Waals surface area contributed by atoms with Crippen molar-refractivity contribution in [2.24, 2.45) is 7.05 Å². The van der Waals surface area contributed by atoms with E-state index < -0.39 is 29.5 Å². The highest BCUT2D eigenvalue weighted by molar-refractivity contribution is 5.66. The lowest BCUT2D eigenvalue weighted by atomic mass is 10.1. The van der Waals surface area contributed by atoms with Crippen LogP contribution in [0, 0.1) is 0 Å². The van der Waals surface area contributed by atoms with Crippen molar-refractivity contribution in [2.75, 3.05) is 0 Å². The molecule has 1 heterocycles. The van der Waals surface area contributed by atoms with Gasteiger partial charge < -0.3 is 4.74 Å². The third kappa shape index (κ3) is 2.61. The fraction of sp³-hybridized carbons (Fsp3) is 0.545. The lowest BCUT2D eigenvalue weighted by molar-refractivity contribution is -0.147. The van der Waals surface area contributed by atoms with E-state index in [4.69, 9.17) is 4.74 Å². The van der Waals surface area contributed by atoms with E-state index >= 15 is 0 Å². The van der Waals surface area contributed by atoms with Crippen LogP contribution in [0.2, 0.25) is 0 Å². The largest absolute Gasteiger partial charge is 0.460 e. The molecule has 1 aromatic rings. The molecule has 0 radical (unpaired) electrons. The summed E-state index contributed by atoms with van der Waals surface area (Å²) in [5.41, 5.74) is -0.430. The molecule has 0 aliphatic heterocycles. The SMILES string of the molecule is C=C(C)[C@H]([C@H](C)OC(C)=O)n1[nH]c(=O)n(C)c1=O. The average molecular weight is 255 g/mol. The molecule has 18 heavy (non-hydrogen) atoms. The van der Waals surface area contributed by atoms with Gasteiger partial charge in [-0.3, -0.25) is 4.79 Å². The first-order valence-electron chi connectivity index (χ1n) is 5.45. The zero-order chi connectivity index (χ0) is 14.0. The number of ether oxygens (including phenoxy) is 1. The van der Waals surface area contributed by atoms with Gasteiger partial charge in [-0.1, -0.05) is 12.2 Å². The quantitative estimate of drug-likeness (QED) is 0.603. The molecule has 1 aromatic heterocycles. The number of carbonyl (C=O) groups excluding carboxylic acids is 1. The van der Waals surface area contributed by atoms with Gasteiger partial charge in [0.25, 0.3) is 0 Å². The monoisotopic (exact) mass is 255 g/mol. The molecule has 7 nitrogen and oxygen atoms in total. The molecule has 1 rings (SSSR count). The van der Waals surface area contributed by atoms with E-state index in [1.54, 1.807) is 13.8 Å². The molecule has 0 amide bonds. The van der Waals surface area contributed by atoms with E-state index in [0.29, 0.717) is 5.57 Å². The molecule has 0 aliphatic carbocycles. The number of rotatable bonds is 4. The van der Waals surface area contributed by atoms with Gasteiger partial charge in [0.15, 0.2) is 0 Å². The normalized spacial score (nSPS) is 14.0. The number of esters is 1. The van der Waals surface area contributed by atoms with Gasteiger partial charge in [0, 0.05) is 14.0 Å². The van der Waals surface area contributed by atoms with E-state index in [9.17, 15) is 14.4 Å². The van der Waals surface area contributed by atoms with Gasteiger partial charge in [-0.05, 0) is 13.8 Å². The minimum absolute atomic E-state index is 0.458. The second kappa shape index (κ2) is 5.07. The number of nitrogens with zero attached hydrogens (tertiary/aromatic N) is 2. The summed E-state index contributed by atoms with van der Waals surface area (Å²) in [7, 11) is 1.36. The fourth-order valence-corrected chi connectivity index (χ4v) is 1.82. The van der Waals surface area contributed by atoms with Crippen LogP contribution >= 0.6 is 0 Å². The Kier molecular flexibility index (Phi) is 3.95. The van der Waals surface area contributed by atoms with Gasteiger partial charge in [0.1, 0.15) is 12.1 Å². The minimum atomic E-state index is -0.602. The highest BCUT2D eigenvalue weighted by Crippen LogP contribution is 2.19. The van der Waals surface area contributed by atoms with Gasteiger partial charge in [-0.15, -0.1) is 0 Å². The van der Waals surface area contributed by atoms with Crippen LogP contribution in [0.5, 0.6) is 0 Å². The molecule has 0 bridgehead atoms. The van der Waals surface area contributed by atoms with Crippen molar-refractivity contribution >= 4 is 5.97 Å². The number of hydrogen-bond acceptors (Lipinski definition) is 4. The number of nitrogens with one attached hydrogen (secondary N) is 1. The topological polar surface area (TPSA) is 86.1 Å². The maximum absolute atomic E-state index is 11.8. The van der Waals surface area contributed by atoms with Crippen LogP contribution in [0.25, 0.3) is 0 Å². The van der Waals surface area contributed by atoms with Gasteiger partial charge in [-0.25, -0.2) is 23.9 Å². The van der Waals surface area contributed by atoms with Crippen LogP contribution in [0.15, 0.2) is 21.7 Å². The summed E-state index contributed by atoms with van der Waals surface area (Å²) >= 11 is 0. The summed E-state index contributed by atoms with van der Waals surface area (Å²) in [5, 5.41) is 2.41. The summed E-state index contributed by atoms with van der Waals surface area (Å²) in [4.78, 5) is 34.2. The smallest absolute Gasteiger partial charge is 0.347 e. The predicted molar refractivity (Wildman–Crippen MR) is 65.4 cm³/mol. The van der Waals surface area contributed by atoms with Crippen molar-refractivity contribution in [3.05, 3.63) is 33.1 Å². The van der Waals surface area contributed by atoms with E-state index in [2.05, 4.69) is 11.7 Å². The first kappa shape index (κ1) is 14.0. The average Bonchev–Trinajstić information content (AvgIpc) is 2.45. The molecule has 7 heteroatoms. The number of H-pyrrole nitrogens is 1. The molecule has 2 atom stereocenters. The van der Waals surface area contributed by atoms with Crippen molar-refractivity contribution in [2.45, 2.75) is 32.9 Å². The Morgan fingerprint density at radius 3 is 2.28 bits per heavy atom. The van der Waals surface area contributed by atoms with Crippen LogP contribution in [-0.4, -0.2) is 26.4 Å². The Labute approximate surface area is 104 Å². The van der Waals surface area contributed by atoms with Crippen molar-refractivity contribution < 1.29 is 9.53 Å². The van der Waals surface area contributed by atoms with Gasteiger partial charge in [0.05, 0.1) is 0 Å². The van der Waals surface area contributed by atoms with Crippen molar-refractivity contribution in [1.29, 1.82) is 0 Å². The summed E-state index contributed by atoms with van der Waals surface area (Å²) in [6.07, 6.45) is -0.601. The standard InChI is InChI=1S/C11H17N3O4/c1-6(2)9(7(3)18-8(4)15)14-11(17)13(5)10(16)12-14/h7,9H,1H2,2-5H3,(H,12,16)/t7-,9+/m0/s1. The number of aromatic nitrogens is 3. The number of carbonyl (C=O) groups is 1. The Morgan fingerprint density at radius 2 is 1.94 bits per heavy atom. The van der Waals surface area contributed by atoms with Crippen LogP contribution < -0.4 is 11.4 Å². The summed E-state index contributed by atoms with van der Waals surface area (Å²) in [5.74, 6) is -0.458. The van der Waals surface area contributed by atoms with Crippen molar-refractivity contribution in [3.63, 3.8) is 0 Å². The van der Waals surface area contributed by atoms with Gasteiger partial charge >= 0.3 is 17.3 Å². The minimum Gasteiger partial charge on any atom is -0.460 e. The maximum Gasteiger partial charge on any atom is 0.347 e. The van der Waals surface area contributed by atoms with Gasteiger partial charge in [0.2, 0.25) is 0 Å². The van der Waals surface area contributed by atoms with Crippen LogP contribution in [0.3, 0.4) is 0 Å². The second-order valence-corrected chi connectivity index (χ2v) is 4.23. The molecule has 0 spiro atoms. The van der Waals surface area contributed by atoms with Gasteiger partial charge in [-0.2, -0.15) is 0 Å². The third-order valence-electron chi connectivity index (χ3n) is 2.59. The van der Waals surface area contributed by atoms with E-state index in [1.165, 1.54) is 14.0 Å². The molecule has 0 saturated heterocycles. The summed E-state index contributed by atoms with van der Waals surface area (Å²) in [6, 6.07) is -0.602. The first-order chi connectivity index (χ1) is 8.25. The molecule has 0 saturated carbocycles. The summed E-state index contributed by atoms with van der Waals surface area (Å²) < 4.78 is 7.11. The van der Waals surface area contributed by atoms with Crippen molar-refractivity contribution in [1.82, 2.24) is 14.3 Å².